The molecule has 3 heteroatoms. The maximum atomic E-state index is 15.0. The monoisotopic (exact) mass is 476 g/mol. The van der Waals surface area contributed by atoms with Gasteiger partial charge >= 0.3 is 0 Å². The second kappa shape index (κ2) is 11.7. The van der Waals surface area contributed by atoms with Crippen molar-refractivity contribution in [2.24, 2.45) is 5.92 Å². The van der Waals surface area contributed by atoms with Gasteiger partial charge in [-0.15, -0.1) is 0 Å². The van der Waals surface area contributed by atoms with Gasteiger partial charge in [-0.25, -0.2) is 13.2 Å². The Bertz CT molecular complexity index is 1150. The van der Waals surface area contributed by atoms with Crippen molar-refractivity contribution in [1.82, 2.24) is 0 Å². The van der Waals surface area contributed by atoms with Crippen molar-refractivity contribution in [3.63, 3.8) is 0 Å². The second-order valence-corrected chi connectivity index (χ2v) is 9.87. The molecule has 35 heavy (non-hydrogen) atoms. The highest BCUT2D eigenvalue weighted by atomic mass is 19.2. The minimum Gasteiger partial charge on any atom is -0.207 e. The Morgan fingerprint density at radius 2 is 1.46 bits per heavy atom. The molecule has 0 aromatic heterocycles. The van der Waals surface area contributed by atoms with Crippen LogP contribution in [-0.4, -0.2) is 0 Å². The zero-order chi connectivity index (χ0) is 24.8. The zero-order valence-electron chi connectivity index (χ0n) is 20.8. The molecule has 1 fully saturated rings. The molecule has 0 N–H and O–H groups in total. The lowest BCUT2D eigenvalue weighted by atomic mass is 9.77. The molecule has 1 aliphatic rings. The molecule has 1 aliphatic carbocycles. The van der Waals surface area contributed by atoms with Crippen LogP contribution < -0.4 is 0 Å². The van der Waals surface area contributed by atoms with E-state index in [-0.39, 0.29) is 17.3 Å². The molecule has 0 atom stereocenters. The molecule has 0 amide bonds. The molecular weight excluding hydrogens is 441 g/mol. The normalized spacial score (nSPS) is 18.3. The van der Waals surface area contributed by atoms with Crippen LogP contribution in [0.25, 0.3) is 23.3 Å². The second-order valence-electron chi connectivity index (χ2n) is 9.87. The van der Waals surface area contributed by atoms with Gasteiger partial charge in [0.15, 0.2) is 11.6 Å². The first-order valence-corrected chi connectivity index (χ1v) is 13.0. The van der Waals surface area contributed by atoms with Gasteiger partial charge in [0.1, 0.15) is 5.82 Å². The number of hydrogen-bond donors (Lipinski definition) is 0. The van der Waals surface area contributed by atoms with Crippen molar-refractivity contribution >= 4 is 12.2 Å². The summed E-state index contributed by atoms with van der Waals surface area (Å²) in [5.74, 6) is -0.803. The van der Waals surface area contributed by atoms with Crippen LogP contribution >= 0.6 is 0 Å². The lowest BCUT2D eigenvalue weighted by Crippen LogP contribution is -2.14. The number of unbranched alkanes of at least 4 members (excludes halogenated alkanes) is 1. The van der Waals surface area contributed by atoms with Crippen LogP contribution in [0.1, 0.15) is 87.0 Å². The molecule has 3 aromatic carbocycles. The maximum absolute atomic E-state index is 15.0. The van der Waals surface area contributed by atoms with E-state index in [0.717, 1.165) is 74.0 Å². The standard InChI is InChI=1S/C32H35F3/c1-3-5-6-27-18-13-24(21-30(27)33)8-7-23-11-16-26(17-12-23)29-20-19-28(31(34)32(29)35)25-14-9-22(4-2)10-15-25/h7-8,11-13,16-22,25H,3-6,9-10,14-15H2,1-2H3. The number of benzene rings is 3. The van der Waals surface area contributed by atoms with E-state index in [1.165, 1.54) is 0 Å². The van der Waals surface area contributed by atoms with Gasteiger partial charge in [0.05, 0.1) is 0 Å². The van der Waals surface area contributed by atoms with Crippen LogP contribution in [0.3, 0.4) is 0 Å². The Morgan fingerprint density at radius 3 is 2.11 bits per heavy atom. The van der Waals surface area contributed by atoms with E-state index < -0.39 is 11.6 Å². The summed E-state index contributed by atoms with van der Waals surface area (Å²) in [5.41, 5.74) is 3.91. The summed E-state index contributed by atoms with van der Waals surface area (Å²) in [7, 11) is 0. The van der Waals surface area contributed by atoms with Crippen LogP contribution in [0.15, 0.2) is 54.6 Å². The summed E-state index contributed by atoms with van der Waals surface area (Å²) in [6.07, 6.45) is 11.7. The Kier molecular flexibility index (Phi) is 8.49. The minimum absolute atomic E-state index is 0.111. The molecule has 0 radical (unpaired) electrons. The molecule has 1 saturated carbocycles. The molecule has 0 saturated heterocycles. The number of halogens is 3. The molecule has 0 aliphatic heterocycles. The third-order valence-electron chi connectivity index (χ3n) is 7.54. The Morgan fingerprint density at radius 1 is 0.771 bits per heavy atom. The largest absolute Gasteiger partial charge is 0.207 e. The summed E-state index contributed by atoms with van der Waals surface area (Å²) >= 11 is 0. The fourth-order valence-electron chi connectivity index (χ4n) is 5.19. The SMILES string of the molecule is CCCCc1ccc(C=Cc2ccc(-c3ccc(C4CCC(CC)CC4)c(F)c3F)cc2)cc1F. The predicted molar refractivity (Wildman–Crippen MR) is 141 cm³/mol. The van der Waals surface area contributed by atoms with Crippen molar-refractivity contribution in [1.29, 1.82) is 0 Å². The van der Waals surface area contributed by atoms with Gasteiger partial charge in [-0.05, 0) is 84.2 Å². The molecule has 184 valence electrons. The number of aryl methyl sites for hydroxylation is 1. The molecular formula is C32H35F3. The quantitative estimate of drug-likeness (QED) is 0.284. The first-order chi connectivity index (χ1) is 17.0. The summed E-state index contributed by atoms with van der Waals surface area (Å²) in [4.78, 5) is 0. The summed E-state index contributed by atoms with van der Waals surface area (Å²) in [6, 6.07) is 16.2. The van der Waals surface area contributed by atoms with Gasteiger partial charge in [-0.2, -0.15) is 0 Å². The van der Waals surface area contributed by atoms with Crippen LogP contribution in [0, 0.1) is 23.4 Å². The molecule has 0 heterocycles. The molecule has 3 aromatic rings. The van der Waals surface area contributed by atoms with E-state index in [2.05, 4.69) is 13.8 Å². The summed E-state index contributed by atoms with van der Waals surface area (Å²) < 4.78 is 44.3. The highest BCUT2D eigenvalue weighted by Gasteiger charge is 2.25. The smallest absolute Gasteiger partial charge is 0.166 e. The van der Waals surface area contributed by atoms with E-state index in [1.807, 2.05) is 36.4 Å². The topological polar surface area (TPSA) is 0 Å². The highest BCUT2D eigenvalue weighted by Crippen LogP contribution is 2.39. The predicted octanol–water partition coefficient (Wildman–Crippen LogP) is 9.97. The molecule has 4 rings (SSSR count). The van der Waals surface area contributed by atoms with E-state index >= 15 is 8.78 Å². The highest BCUT2D eigenvalue weighted by molar-refractivity contribution is 5.72. The number of rotatable bonds is 8. The lowest BCUT2D eigenvalue weighted by Gasteiger charge is -2.28. The third-order valence-corrected chi connectivity index (χ3v) is 7.54. The van der Waals surface area contributed by atoms with Gasteiger partial charge in [0.2, 0.25) is 0 Å². The van der Waals surface area contributed by atoms with Crippen molar-refractivity contribution < 1.29 is 13.2 Å². The van der Waals surface area contributed by atoms with Gasteiger partial charge in [0.25, 0.3) is 0 Å². The van der Waals surface area contributed by atoms with Crippen LogP contribution in [0.5, 0.6) is 0 Å². The van der Waals surface area contributed by atoms with Crippen LogP contribution in [-0.2, 0) is 6.42 Å². The van der Waals surface area contributed by atoms with Crippen molar-refractivity contribution in [2.75, 3.05) is 0 Å². The van der Waals surface area contributed by atoms with Crippen molar-refractivity contribution in [2.45, 2.75) is 71.1 Å². The number of hydrogen-bond acceptors (Lipinski definition) is 0. The summed E-state index contributed by atoms with van der Waals surface area (Å²) in [5, 5.41) is 0. The van der Waals surface area contributed by atoms with Crippen LogP contribution in [0.2, 0.25) is 0 Å². The fourth-order valence-corrected chi connectivity index (χ4v) is 5.19. The van der Waals surface area contributed by atoms with Gasteiger partial charge < -0.3 is 0 Å². The molecule has 0 unspecified atom stereocenters. The van der Waals surface area contributed by atoms with Gasteiger partial charge in [-0.1, -0.05) is 87.4 Å². The average Bonchev–Trinajstić information content (AvgIpc) is 2.89. The average molecular weight is 477 g/mol. The van der Waals surface area contributed by atoms with Crippen LogP contribution in [0.4, 0.5) is 13.2 Å². The first kappa shape index (κ1) is 25.3. The summed E-state index contributed by atoms with van der Waals surface area (Å²) in [6.45, 7) is 4.30. The maximum Gasteiger partial charge on any atom is 0.166 e. The molecule has 0 spiro atoms. The fraction of sp³-hybridized carbons (Fsp3) is 0.375. The Balaban J connectivity index is 1.46. The zero-order valence-corrected chi connectivity index (χ0v) is 20.8. The Labute approximate surface area is 207 Å². The lowest BCUT2D eigenvalue weighted by molar-refractivity contribution is 0.312. The van der Waals surface area contributed by atoms with Crippen molar-refractivity contribution in [3.05, 3.63) is 94.3 Å². The van der Waals surface area contributed by atoms with E-state index in [9.17, 15) is 4.39 Å². The van der Waals surface area contributed by atoms with E-state index in [1.54, 1.807) is 30.3 Å². The van der Waals surface area contributed by atoms with Gasteiger partial charge in [-0.3, -0.25) is 0 Å². The Hall–Kier alpha value is -2.81. The first-order valence-electron chi connectivity index (χ1n) is 13.0. The van der Waals surface area contributed by atoms with Gasteiger partial charge in [0, 0.05) is 5.56 Å². The van der Waals surface area contributed by atoms with Crippen molar-refractivity contribution in [3.8, 4) is 11.1 Å². The van der Waals surface area contributed by atoms with E-state index in [0.29, 0.717) is 11.1 Å². The molecule has 0 nitrogen and oxygen atoms in total. The van der Waals surface area contributed by atoms with E-state index in [4.69, 9.17) is 0 Å². The molecule has 0 bridgehead atoms. The third kappa shape index (κ3) is 6.07. The minimum atomic E-state index is -0.762.